The Morgan fingerprint density at radius 1 is 1.26 bits per heavy atom. The summed E-state index contributed by atoms with van der Waals surface area (Å²) in [5.74, 6) is 0.455. The number of benzene rings is 1. The van der Waals surface area contributed by atoms with Crippen LogP contribution in [-0.2, 0) is 4.74 Å². The third-order valence-electron chi connectivity index (χ3n) is 2.98. The Hall–Kier alpha value is -0.450. The lowest BCUT2D eigenvalue weighted by Gasteiger charge is -2.15. The van der Waals surface area contributed by atoms with Gasteiger partial charge in [0.2, 0.25) is 0 Å². The van der Waals surface area contributed by atoms with Crippen LogP contribution in [0.4, 0.5) is 4.39 Å². The van der Waals surface area contributed by atoms with Crippen LogP contribution in [0, 0.1) is 11.7 Å². The number of hydrogen-bond acceptors (Lipinski definition) is 2. The van der Waals surface area contributed by atoms with Gasteiger partial charge in [0.25, 0.3) is 0 Å². The molecule has 0 heterocycles. The summed E-state index contributed by atoms with van der Waals surface area (Å²) in [6.45, 7) is 8.77. The Labute approximate surface area is 123 Å². The molecule has 0 saturated carbocycles. The van der Waals surface area contributed by atoms with Gasteiger partial charge in [0.05, 0.1) is 11.1 Å². The van der Waals surface area contributed by atoms with Crippen LogP contribution in [0.25, 0.3) is 0 Å². The van der Waals surface area contributed by atoms with E-state index in [2.05, 4.69) is 42.0 Å². The number of rotatable bonds is 8. The van der Waals surface area contributed by atoms with Gasteiger partial charge in [-0.25, -0.2) is 4.39 Å². The van der Waals surface area contributed by atoms with Crippen molar-refractivity contribution < 1.29 is 9.13 Å². The monoisotopic (exact) mass is 331 g/mol. The number of halogens is 2. The number of ether oxygens (including phenoxy) is 1. The van der Waals surface area contributed by atoms with E-state index in [4.69, 9.17) is 4.74 Å². The van der Waals surface area contributed by atoms with E-state index in [9.17, 15) is 4.39 Å². The Kier molecular flexibility index (Phi) is 7.57. The van der Waals surface area contributed by atoms with E-state index in [1.807, 2.05) is 6.07 Å². The molecule has 0 bridgehead atoms. The highest BCUT2D eigenvalue weighted by Gasteiger charge is 2.07. The molecule has 1 N–H and O–H groups in total. The van der Waals surface area contributed by atoms with Crippen LogP contribution in [0.5, 0.6) is 0 Å². The Morgan fingerprint density at radius 2 is 2.00 bits per heavy atom. The molecule has 1 aromatic rings. The average Bonchev–Trinajstić information content (AvgIpc) is 2.36. The first-order valence-electron chi connectivity index (χ1n) is 6.76. The van der Waals surface area contributed by atoms with Gasteiger partial charge in [-0.2, -0.15) is 0 Å². The van der Waals surface area contributed by atoms with Crippen molar-refractivity contribution in [2.24, 2.45) is 5.92 Å². The summed E-state index contributed by atoms with van der Waals surface area (Å²) >= 11 is 3.20. The maximum atomic E-state index is 13.1. The molecule has 0 aliphatic carbocycles. The van der Waals surface area contributed by atoms with Crippen molar-refractivity contribution in [1.29, 1.82) is 0 Å². The third-order valence-corrected chi connectivity index (χ3v) is 3.59. The minimum atomic E-state index is -0.229. The van der Waals surface area contributed by atoms with Gasteiger partial charge in [-0.15, -0.1) is 0 Å². The summed E-state index contributed by atoms with van der Waals surface area (Å²) in [6.07, 6.45) is 1.10. The standard InChI is InChI=1S/C15H23BrFNO/c1-11(2)6-8-19-9-7-18-12(3)13-4-5-15(17)14(16)10-13/h4-5,10-12,18H,6-9H2,1-3H3. The van der Waals surface area contributed by atoms with E-state index >= 15 is 0 Å². The molecule has 2 nitrogen and oxygen atoms in total. The van der Waals surface area contributed by atoms with Gasteiger partial charge in [-0.1, -0.05) is 19.9 Å². The quantitative estimate of drug-likeness (QED) is 0.717. The van der Waals surface area contributed by atoms with Crippen molar-refractivity contribution in [3.8, 4) is 0 Å². The van der Waals surface area contributed by atoms with Crippen molar-refractivity contribution in [2.45, 2.75) is 33.2 Å². The maximum Gasteiger partial charge on any atom is 0.137 e. The molecule has 1 rings (SSSR count). The first-order chi connectivity index (χ1) is 9.00. The highest BCUT2D eigenvalue weighted by molar-refractivity contribution is 9.10. The van der Waals surface area contributed by atoms with E-state index in [-0.39, 0.29) is 11.9 Å². The molecule has 108 valence electrons. The van der Waals surface area contributed by atoms with Crippen LogP contribution in [-0.4, -0.2) is 19.8 Å². The molecule has 0 aromatic heterocycles. The number of nitrogens with one attached hydrogen (secondary N) is 1. The van der Waals surface area contributed by atoms with Gasteiger partial charge >= 0.3 is 0 Å². The van der Waals surface area contributed by atoms with E-state index in [1.165, 1.54) is 6.07 Å². The maximum absolute atomic E-state index is 13.1. The lowest BCUT2D eigenvalue weighted by atomic mass is 10.1. The first kappa shape index (κ1) is 16.6. The zero-order chi connectivity index (χ0) is 14.3. The summed E-state index contributed by atoms with van der Waals surface area (Å²) in [6, 6.07) is 5.28. The normalized spacial score (nSPS) is 12.9. The Balaban J connectivity index is 2.23. The Morgan fingerprint density at radius 3 is 2.63 bits per heavy atom. The average molecular weight is 332 g/mol. The SMILES string of the molecule is CC(C)CCOCCNC(C)c1ccc(F)c(Br)c1. The van der Waals surface area contributed by atoms with Gasteiger partial charge in [-0.05, 0) is 52.9 Å². The predicted molar refractivity (Wildman–Crippen MR) is 80.8 cm³/mol. The van der Waals surface area contributed by atoms with Crippen molar-refractivity contribution in [3.05, 3.63) is 34.1 Å². The summed E-state index contributed by atoms with van der Waals surface area (Å²) in [7, 11) is 0. The summed E-state index contributed by atoms with van der Waals surface area (Å²) in [4.78, 5) is 0. The molecular formula is C15H23BrFNO. The smallest absolute Gasteiger partial charge is 0.137 e. The van der Waals surface area contributed by atoms with E-state index in [1.54, 1.807) is 6.07 Å². The second-order valence-corrected chi connectivity index (χ2v) is 6.00. The highest BCUT2D eigenvalue weighted by Crippen LogP contribution is 2.20. The van der Waals surface area contributed by atoms with Gasteiger partial charge in [0.15, 0.2) is 0 Å². The fraction of sp³-hybridized carbons (Fsp3) is 0.600. The van der Waals surface area contributed by atoms with Crippen LogP contribution in [0.1, 0.15) is 38.8 Å². The minimum absolute atomic E-state index is 0.186. The zero-order valence-corrected chi connectivity index (χ0v) is 13.5. The van der Waals surface area contributed by atoms with Crippen LogP contribution >= 0.6 is 15.9 Å². The van der Waals surface area contributed by atoms with Gasteiger partial charge in [-0.3, -0.25) is 0 Å². The molecular weight excluding hydrogens is 309 g/mol. The molecule has 0 aliphatic heterocycles. The van der Waals surface area contributed by atoms with Crippen molar-refractivity contribution in [3.63, 3.8) is 0 Å². The predicted octanol–water partition coefficient (Wildman–Crippen LogP) is 4.30. The van der Waals surface area contributed by atoms with Crippen molar-refractivity contribution in [2.75, 3.05) is 19.8 Å². The van der Waals surface area contributed by atoms with Crippen molar-refractivity contribution >= 4 is 15.9 Å². The molecule has 0 radical (unpaired) electrons. The van der Waals surface area contributed by atoms with Gasteiger partial charge in [0, 0.05) is 19.2 Å². The van der Waals surface area contributed by atoms with E-state index in [0.29, 0.717) is 17.0 Å². The first-order valence-corrected chi connectivity index (χ1v) is 7.56. The summed E-state index contributed by atoms with van der Waals surface area (Å²) in [5.41, 5.74) is 1.07. The molecule has 19 heavy (non-hydrogen) atoms. The van der Waals surface area contributed by atoms with Gasteiger partial charge in [0.1, 0.15) is 5.82 Å². The molecule has 1 aromatic carbocycles. The van der Waals surface area contributed by atoms with Crippen LogP contribution in [0.2, 0.25) is 0 Å². The third kappa shape index (κ3) is 6.50. The fourth-order valence-corrected chi connectivity index (χ4v) is 2.06. The molecule has 0 spiro atoms. The van der Waals surface area contributed by atoms with Crippen LogP contribution in [0.15, 0.2) is 22.7 Å². The van der Waals surface area contributed by atoms with E-state index < -0.39 is 0 Å². The molecule has 0 saturated heterocycles. The summed E-state index contributed by atoms with van der Waals surface area (Å²) in [5, 5.41) is 3.37. The lowest BCUT2D eigenvalue weighted by Crippen LogP contribution is -2.23. The molecule has 1 atom stereocenters. The Bertz CT molecular complexity index is 384. The molecule has 0 fully saturated rings. The lowest BCUT2D eigenvalue weighted by molar-refractivity contribution is 0.123. The topological polar surface area (TPSA) is 21.3 Å². The van der Waals surface area contributed by atoms with Gasteiger partial charge < -0.3 is 10.1 Å². The largest absolute Gasteiger partial charge is 0.380 e. The summed E-state index contributed by atoms with van der Waals surface area (Å²) < 4.78 is 19.2. The van der Waals surface area contributed by atoms with Crippen LogP contribution in [0.3, 0.4) is 0 Å². The van der Waals surface area contributed by atoms with Crippen molar-refractivity contribution in [1.82, 2.24) is 5.32 Å². The fourth-order valence-electron chi connectivity index (χ4n) is 1.67. The zero-order valence-electron chi connectivity index (χ0n) is 11.9. The number of hydrogen-bond donors (Lipinski definition) is 1. The van der Waals surface area contributed by atoms with E-state index in [0.717, 1.165) is 25.1 Å². The minimum Gasteiger partial charge on any atom is -0.380 e. The highest BCUT2D eigenvalue weighted by atomic mass is 79.9. The molecule has 0 aliphatic rings. The second-order valence-electron chi connectivity index (χ2n) is 5.14. The second kappa shape index (κ2) is 8.67. The molecule has 0 amide bonds. The molecule has 4 heteroatoms. The molecule has 1 unspecified atom stereocenters. The van der Waals surface area contributed by atoms with Crippen LogP contribution < -0.4 is 5.32 Å².